The van der Waals surface area contributed by atoms with Crippen molar-refractivity contribution in [3.63, 3.8) is 0 Å². The lowest BCUT2D eigenvalue weighted by molar-refractivity contribution is -0.118. The number of carbonyl (C=O) groups is 1. The molecule has 2 aliphatic rings. The molecule has 1 aromatic rings. The molecule has 0 bridgehead atoms. The van der Waals surface area contributed by atoms with Crippen molar-refractivity contribution in [1.82, 2.24) is 0 Å². The Bertz CT molecular complexity index is 734. The minimum atomic E-state index is -0.771. The van der Waals surface area contributed by atoms with Crippen molar-refractivity contribution >= 4 is 5.78 Å². The topological polar surface area (TPSA) is 46.5 Å². The van der Waals surface area contributed by atoms with Gasteiger partial charge in [-0.2, -0.15) is 0 Å². The minimum absolute atomic E-state index is 0.0259. The molecule has 3 heteroatoms. The molecule has 0 saturated carbocycles. The zero-order valence-corrected chi connectivity index (χ0v) is 18.3. The Balaban J connectivity index is 1.89. The maximum Gasteiger partial charge on any atom is 0.158 e. The molecule has 1 aromatic carbocycles. The Morgan fingerprint density at radius 2 is 1.90 bits per heavy atom. The van der Waals surface area contributed by atoms with Crippen LogP contribution in [0.4, 0.5) is 0 Å². The Labute approximate surface area is 175 Å². The van der Waals surface area contributed by atoms with Gasteiger partial charge in [-0.25, -0.2) is 0 Å². The van der Waals surface area contributed by atoms with E-state index >= 15 is 0 Å². The van der Waals surface area contributed by atoms with Gasteiger partial charge in [0.15, 0.2) is 5.78 Å². The number of hydrogen-bond acceptors (Lipinski definition) is 3. The maximum atomic E-state index is 12.6. The van der Waals surface area contributed by atoms with Crippen LogP contribution >= 0.6 is 0 Å². The molecular formula is C26H36O3. The van der Waals surface area contributed by atoms with Crippen LogP contribution in [0.5, 0.6) is 0 Å². The molecule has 0 radical (unpaired) electrons. The molecule has 2 aliphatic carbocycles. The summed E-state index contributed by atoms with van der Waals surface area (Å²) in [5, 5.41) is 10.9. The molecule has 29 heavy (non-hydrogen) atoms. The van der Waals surface area contributed by atoms with Crippen LogP contribution in [0, 0.1) is 29.6 Å². The second kappa shape index (κ2) is 9.86. The van der Waals surface area contributed by atoms with Gasteiger partial charge in [-0.1, -0.05) is 68.8 Å². The van der Waals surface area contributed by atoms with Crippen LogP contribution in [0.1, 0.15) is 52.5 Å². The minimum Gasteiger partial charge on any atom is -0.386 e. The number of ketones is 1. The first-order chi connectivity index (χ1) is 13.9. The van der Waals surface area contributed by atoms with Gasteiger partial charge in [0.05, 0.1) is 18.8 Å². The number of allylic oxidation sites excluding steroid dienone is 3. The van der Waals surface area contributed by atoms with E-state index in [1.165, 1.54) is 5.57 Å². The maximum absolute atomic E-state index is 12.6. The highest BCUT2D eigenvalue weighted by atomic mass is 16.5. The molecule has 0 aliphatic heterocycles. The molecule has 0 heterocycles. The van der Waals surface area contributed by atoms with Gasteiger partial charge in [0.1, 0.15) is 0 Å². The Morgan fingerprint density at radius 3 is 2.59 bits per heavy atom. The van der Waals surface area contributed by atoms with Crippen LogP contribution in [0.2, 0.25) is 0 Å². The number of rotatable bonds is 4. The van der Waals surface area contributed by atoms with Crippen molar-refractivity contribution in [3.8, 4) is 0 Å². The van der Waals surface area contributed by atoms with Crippen LogP contribution in [-0.4, -0.2) is 23.1 Å². The van der Waals surface area contributed by atoms with Crippen molar-refractivity contribution in [2.45, 2.75) is 65.8 Å². The van der Waals surface area contributed by atoms with Gasteiger partial charge < -0.3 is 9.84 Å². The summed E-state index contributed by atoms with van der Waals surface area (Å²) >= 11 is 0. The number of aliphatic hydroxyl groups excluding tert-OH is 1. The molecule has 158 valence electrons. The van der Waals surface area contributed by atoms with Crippen molar-refractivity contribution < 1.29 is 14.6 Å². The van der Waals surface area contributed by atoms with Crippen LogP contribution < -0.4 is 0 Å². The monoisotopic (exact) mass is 396 g/mol. The summed E-state index contributed by atoms with van der Waals surface area (Å²) in [7, 11) is 0. The molecule has 6 atom stereocenters. The van der Waals surface area contributed by atoms with Crippen LogP contribution in [-0.2, 0) is 16.1 Å². The van der Waals surface area contributed by atoms with E-state index in [1.54, 1.807) is 12.2 Å². The second-order valence-corrected chi connectivity index (χ2v) is 9.32. The average Bonchev–Trinajstić information content (AvgIpc) is 2.71. The van der Waals surface area contributed by atoms with E-state index in [-0.39, 0.29) is 17.8 Å². The third-order valence-corrected chi connectivity index (χ3v) is 6.96. The van der Waals surface area contributed by atoms with Crippen LogP contribution in [0.15, 0.2) is 54.1 Å². The summed E-state index contributed by atoms with van der Waals surface area (Å²) in [4.78, 5) is 12.6. The third-order valence-electron chi connectivity index (χ3n) is 6.96. The van der Waals surface area contributed by atoms with E-state index in [0.29, 0.717) is 30.3 Å². The lowest BCUT2D eigenvalue weighted by Gasteiger charge is -2.43. The lowest BCUT2D eigenvalue weighted by atomic mass is 9.63. The van der Waals surface area contributed by atoms with Gasteiger partial charge in [-0.15, -0.1) is 0 Å². The summed E-state index contributed by atoms with van der Waals surface area (Å²) in [6.07, 6.45) is 7.27. The Morgan fingerprint density at radius 1 is 1.17 bits per heavy atom. The number of aliphatic hydroxyl groups is 1. The van der Waals surface area contributed by atoms with Gasteiger partial charge in [0, 0.05) is 5.92 Å². The molecule has 3 nitrogen and oxygen atoms in total. The van der Waals surface area contributed by atoms with Crippen molar-refractivity contribution in [2.75, 3.05) is 0 Å². The number of hydrogen-bond donors (Lipinski definition) is 1. The zero-order chi connectivity index (χ0) is 21.0. The zero-order valence-electron chi connectivity index (χ0n) is 18.3. The van der Waals surface area contributed by atoms with E-state index in [0.717, 1.165) is 24.8 Å². The van der Waals surface area contributed by atoms with E-state index < -0.39 is 6.10 Å². The number of fused-ring (bicyclic) bond motifs is 1. The molecular weight excluding hydrogens is 360 g/mol. The predicted octanol–water partition coefficient (Wildman–Crippen LogP) is 5.34. The molecule has 3 rings (SSSR count). The molecule has 5 unspecified atom stereocenters. The SMILES string of the molecule is CC1=CCC(C(C)C)C2C[C@@H](OCc3ccccc3)C(O)/C=C\C(=O)C(C)CC12. The largest absolute Gasteiger partial charge is 0.386 e. The van der Waals surface area contributed by atoms with Crippen LogP contribution in [0.25, 0.3) is 0 Å². The Hall–Kier alpha value is -1.71. The second-order valence-electron chi connectivity index (χ2n) is 9.32. The van der Waals surface area contributed by atoms with Crippen molar-refractivity contribution in [1.29, 1.82) is 0 Å². The van der Waals surface area contributed by atoms with Gasteiger partial charge in [0.2, 0.25) is 0 Å². The number of ether oxygens (including phenoxy) is 1. The fourth-order valence-electron chi connectivity index (χ4n) is 5.08. The standard InChI is InChI=1S/C26H36O3/c1-17(2)21-11-10-18(3)22-14-19(4)24(27)12-13-25(28)26(15-23(21)22)29-16-20-8-6-5-7-9-20/h5-10,12-13,17,19,21-23,25-26,28H,11,14-16H2,1-4H3/b13-12-/t19?,21?,22?,23?,25?,26-/m1/s1. The summed E-state index contributed by atoms with van der Waals surface area (Å²) in [5.41, 5.74) is 2.49. The average molecular weight is 397 g/mol. The quantitative estimate of drug-likeness (QED) is 0.699. The van der Waals surface area contributed by atoms with Crippen molar-refractivity contribution in [3.05, 3.63) is 59.7 Å². The van der Waals surface area contributed by atoms with Gasteiger partial charge in [-0.3, -0.25) is 4.79 Å². The summed E-state index contributed by atoms with van der Waals surface area (Å²) in [5.74, 6) is 1.97. The molecule has 1 N–H and O–H groups in total. The Kier molecular flexibility index (Phi) is 7.48. The molecule has 0 saturated heterocycles. The first-order valence-electron chi connectivity index (χ1n) is 11.1. The fourth-order valence-corrected chi connectivity index (χ4v) is 5.08. The fraction of sp³-hybridized carbons (Fsp3) is 0.577. The molecule has 0 fully saturated rings. The van der Waals surface area contributed by atoms with Crippen molar-refractivity contribution in [2.24, 2.45) is 29.6 Å². The number of carbonyl (C=O) groups excluding carboxylic acids is 1. The third kappa shape index (κ3) is 5.46. The highest BCUT2D eigenvalue weighted by Crippen LogP contribution is 2.45. The first-order valence-corrected chi connectivity index (χ1v) is 11.1. The van der Waals surface area contributed by atoms with Gasteiger partial charge in [-0.05, 0) is 61.5 Å². The van der Waals surface area contributed by atoms with Gasteiger partial charge in [0.25, 0.3) is 0 Å². The highest BCUT2D eigenvalue weighted by Gasteiger charge is 2.39. The smallest absolute Gasteiger partial charge is 0.158 e. The van der Waals surface area contributed by atoms with E-state index in [1.807, 2.05) is 37.3 Å². The van der Waals surface area contributed by atoms with E-state index in [2.05, 4.69) is 26.8 Å². The predicted molar refractivity (Wildman–Crippen MR) is 117 cm³/mol. The molecule has 0 amide bonds. The first kappa shape index (κ1) is 22.0. The highest BCUT2D eigenvalue weighted by molar-refractivity contribution is 5.91. The van der Waals surface area contributed by atoms with E-state index in [9.17, 15) is 9.90 Å². The number of benzene rings is 1. The van der Waals surface area contributed by atoms with Crippen LogP contribution in [0.3, 0.4) is 0 Å². The molecule has 0 aromatic heterocycles. The molecule has 0 spiro atoms. The summed E-state index contributed by atoms with van der Waals surface area (Å²) in [6, 6.07) is 10.1. The summed E-state index contributed by atoms with van der Waals surface area (Å²) < 4.78 is 6.26. The lowest BCUT2D eigenvalue weighted by Crippen LogP contribution is -2.39. The van der Waals surface area contributed by atoms with Gasteiger partial charge >= 0.3 is 0 Å². The van der Waals surface area contributed by atoms with E-state index in [4.69, 9.17) is 4.74 Å². The normalized spacial score (nSPS) is 34.4. The summed E-state index contributed by atoms with van der Waals surface area (Å²) in [6.45, 7) is 9.29.